The number of ether oxygens (including phenoxy) is 1. The molecule has 5 nitrogen and oxygen atoms in total. The van der Waals surface area contributed by atoms with Crippen molar-refractivity contribution in [3.8, 4) is 11.8 Å². The first-order chi connectivity index (χ1) is 10.9. The van der Waals surface area contributed by atoms with Gasteiger partial charge in [0.15, 0.2) is 6.29 Å². The zero-order chi connectivity index (χ0) is 16.9. The van der Waals surface area contributed by atoms with E-state index < -0.39 is 5.60 Å². The molecule has 0 N–H and O–H groups in total. The number of rotatable bonds is 1. The summed E-state index contributed by atoms with van der Waals surface area (Å²) in [6.07, 6.45) is 0.334. The van der Waals surface area contributed by atoms with Crippen LogP contribution in [0.3, 0.4) is 0 Å². The van der Waals surface area contributed by atoms with E-state index in [-0.39, 0.29) is 6.09 Å². The van der Waals surface area contributed by atoms with Gasteiger partial charge in [0.05, 0.1) is 0 Å². The van der Waals surface area contributed by atoms with Crippen molar-refractivity contribution in [3.63, 3.8) is 0 Å². The fraction of sp³-hybridized carbons (Fsp3) is 0.444. The third kappa shape index (κ3) is 5.03. The van der Waals surface area contributed by atoms with Gasteiger partial charge in [0.25, 0.3) is 0 Å². The molecule has 1 heterocycles. The normalized spacial score (nSPS) is 14.7. The van der Waals surface area contributed by atoms with E-state index >= 15 is 0 Å². The number of amides is 1. The minimum atomic E-state index is -0.466. The van der Waals surface area contributed by atoms with Crippen LogP contribution in [0.2, 0.25) is 0 Å². The SMILES string of the molecule is CC(C)(C)OC(=O)N1CCN(c2ccc(C#CC=O)cc2)CC1. The maximum absolute atomic E-state index is 12.0. The van der Waals surface area contributed by atoms with Crippen molar-refractivity contribution in [2.24, 2.45) is 0 Å². The highest BCUT2D eigenvalue weighted by Crippen LogP contribution is 2.18. The third-order valence-corrected chi connectivity index (χ3v) is 3.44. The van der Waals surface area contributed by atoms with Gasteiger partial charge in [-0.1, -0.05) is 5.92 Å². The summed E-state index contributed by atoms with van der Waals surface area (Å²) in [6.45, 7) is 8.42. The second-order valence-corrected chi connectivity index (χ2v) is 6.39. The minimum absolute atomic E-state index is 0.253. The minimum Gasteiger partial charge on any atom is -0.444 e. The molecule has 0 spiro atoms. The number of benzene rings is 1. The molecule has 0 aliphatic carbocycles. The smallest absolute Gasteiger partial charge is 0.410 e. The number of hydrogen-bond donors (Lipinski definition) is 0. The summed E-state index contributed by atoms with van der Waals surface area (Å²) in [4.78, 5) is 26.2. The quantitative estimate of drug-likeness (QED) is 0.589. The summed E-state index contributed by atoms with van der Waals surface area (Å²) < 4.78 is 5.40. The van der Waals surface area contributed by atoms with Crippen molar-refractivity contribution in [1.82, 2.24) is 4.90 Å². The van der Waals surface area contributed by atoms with Crippen LogP contribution >= 0.6 is 0 Å². The number of carbonyl (C=O) groups is 2. The molecular formula is C18H22N2O3. The molecule has 1 aromatic carbocycles. The number of nitrogens with zero attached hydrogens (tertiary/aromatic N) is 2. The van der Waals surface area contributed by atoms with E-state index in [1.54, 1.807) is 4.90 Å². The molecule has 0 aromatic heterocycles. The first-order valence-corrected chi connectivity index (χ1v) is 7.67. The highest BCUT2D eigenvalue weighted by molar-refractivity contribution is 5.74. The first-order valence-electron chi connectivity index (χ1n) is 7.67. The van der Waals surface area contributed by atoms with E-state index in [0.717, 1.165) is 24.3 Å². The van der Waals surface area contributed by atoms with Gasteiger partial charge in [-0.15, -0.1) is 0 Å². The molecule has 23 heavy (non-hydrogen) atoms. The van der Waals surface area contributed by atoms with Gasteiger partial charge in [0.2, 0.25) is 0 Å². The van der Waals surface area contributed by atoms with Crippen LogP contribution in [0.1, 0.15) is 26.3 Å². The Balaban J connectivity index is 1.91. The summed E-state index contributed by atoms with van der Waals surface area (Å²) in [7, 11) is 0. The lowest BCUT2D eigenvalue weighted by Crippen LogP contribution is -2.50. The molecule has 1 fully saturated rings. The van der Waals surface area contributed by atoms with E-state index in [9.17, 15) is 9.59 Å². The van der Waals surface area contributed by atoms with Crippen LogP contribution < -0.4 is 4.90 Å². The Morgan fingerprint density at radius 1 is 1.13 bits per heavy atom. The number of anilines is 1. The topological polar surface area (TPSA) is 49.9 Å². The van der Waals surface area contributed by atoms with Crippen molar-refractivity contribution in [1.29, 1.82) is 0 Å². The summed E-state index contributed by atoms with van der Waals surface area (Å²) in [5.41, 5.74) is 1.44. The molecule has 1 aliphatic rings. The standard InChI is InChI=1S/C18H22N2O3/c1-18(2,3)23-17(22)20-12-10-19(11-13-20)16-8-6-15(7-9-16)5-4-14-21/h6-9,14H,10-13H2,1-3H3. The lowest BCUT2D eigenvalue weighted by molar-refractivity contribution is -0.103. The second kappa shape index (κ2) is 7.19. The average molecular weight is 314 g/mol. The zero-order valence-corrected chi connectivity index (χ0v) is 13.8. The number of carbonyl (C=O) groups excluding carboxylic acids is 2. The summed E-state index contributed by atoms with van der Waals surface area (Å²) in [5, 5.41) is 0. The number of hydrogen-bond acceptors (Lipinski definition) is 4. The van der Waals surface area contributed by atoms with Gasteiger partial charge in [-0.25, -0.2) is 4.79 Å². The van der Waals surface area contributed by atoms with Gasteiger partial charge in [0.1, 0.15) is 5.60 Å². The summed E-state index contributed by atoms with van der Waals surface area (Å²) in [6, 6.07) is 7.76. The Kier molecular flexibility index (Phi) is 5.28. The lowest BCUT2D eigenvalue weighted by Gasteiger charge is -2.36. The van der Waals surface area contributed by atoms with Crippen LogP contribution in [0.15, 0.2) is 24.3 Å². The fourth-order valence-electron chi connectivity index (χ4n) is 2.34. The number of piperazine rings is 1. The molecule has 122 valence electrons. The van der Waals surface area contributed by atoms with Gasteiger partial charge in [-0.05, 0) is 51.0 Å². The molecule has 5 heteroatoms. The highest BCUT2D eigenvalue weighted by Gasteiger charge is 2.25. The van der Waals surface area contributed by atoms with Crippen molar-refractivity contribution in [2.45, 2.75) is 26.4 Å². The van der Waals surface area contributed by atoms with Crippen molar-refractivity contribution >= 4 is 18.1 Å². The van der Waals surface area contributed by atoms with Crippen LogP contribution in [0, 0.1) is 11.8 Å². The molecule has 1 amide bonds. The Morgan fingerprint density at radius 2 is 1.74 bits per heavy atom. The van der Waals surface area contributed by atoms with Gasteiger partial charge in [0, 0.05) is 37.4 Å². The predicted octanol–water partition coefficient (Wildman–Crippen LogP) is 2.29. The van der Waals surface area contributed by atoms with Crippen LogP contribution in [-0.2, 0) is 9.53 Å². The Labute approximate surface area is 137 Å². The van der Waals surface area contributed by atoms with Crippen molar-refractivity contribution in [3.05, 3.63) is 29.8 Å². The molecule has 0 unspecified atom stereocenters. The molecule has 1 saturated heterocycles. The Bertz CT molecular complexity index is 612. The maximum Gasteiger partial charge on any atom is 0.410 e. The van der Waals surface area contributed by atoms with E-state index in [0.29, 0.717) is 19.4 Å². The second-order valence-electron chi connectivity index (χ2n) is 6.39. The van der Waals surface area contributed by atoms with Gasteiger partial charge in [-0.3, -0.25) is 4.79 Å². The van der Waals surface area contributed by atoms with Crippen LogP contribution in [0.25, 0.3) is 0 Å². The molecular weight excluding hydrogens is 292 g/mol. The fourth-order valence-corrected chi connectivity index (χ4v) is 2.34. The third-order valence-electron chi connectivity index (χ3n) is 3.44. The average Bonchev–Trinajstić information content (AvgIpc) is 2.52. The molecule has 0 radical (unpaired) electrons. The molecule has 2 rings (SSSR count). The molecule has 1 aromatic rings. The van der Waals surface area contributed by atoms with Gasteiger partial charge in [-0.2, -0.15) is 0 Å². The van der Waals surface area contributed by atoms with E-state index in [4.69, 9.17) is 4.74 Å². The highest BCUT2D eigenvalue weighted by atomic mass is 16.6. The van der Waals surface area contributed by atoms with Crippen LogP contribution in [0.5, 0.6) is 0 Å². The molecule has 0 saturated carbocycles. The predicted molar refractivity (Wildman–Crippen MR) is 89.4 cm³/mol. The van der Waals surface area contributed by atoms with E-state index in [1.807, 2.05) is 45.0 Å². The van der Waals surface area contributed by atoms with Crippen molar-refractivity contribution in [2.75, 3.05) is 31.1 Å². The Morgan fingerprint density at radius 3 is 2.26 bits per heavy atom. The Hall–Kier alpha value is -2.48. The summed E-state index contributed by atoms with van der Waals surface area (Å²) >= 11 is 0. The largest absolute Gasteiger partial charge is 0.444 e. The van der Waals surface area contributed by atoms with Gasteiger partial charge >= 0.3 is 6.09 Å². The molecule has 0 atom stereocenters. The van der Waals surface area contributed by atoms with Crippen LogP contribution in [0.4, 0.5) is 10.5 Å². The monoisotopic (exact) mass is 314 g/mol. The first kappa shape index (κ1) is 16.9. The summed E-state index contributed by atoms with van der Waals surface area (Å²) in [5.74, 6) is 5.16. The van der Waals surface area contributed by atoms with Crippen molar-refractivity contribution < 1.29 is 14.3 Å². The number of aldehydes is 1. The van der Waals surface area contributed by atoms with Gasteiger partial charge < -0.3 is 14.5 Å². The lowest BCUT2D eigenvalue weighted by atomic mass is 10.2. The molecule has 0 bridgehead atoms. The molecule has 1 aliphatic heterocycles. The van der Waals surface area contributed by atoms with Crippen LogP contribution in [-0.4, -0.2) is 49.1 Å². The van der Waals surface area contributed by atoms with E-state index in [2.05, 4.69) is 16.7 Å². The zero-order valence-electron chi connectivity index (χ0n) is 13.8. The maximum atomic E-state index is 12.0. The van der Waals surface area contributed by atoms with E-state index in [1.165, 1.54) is 0 Å².